The molecule has 2 amide bonds. The van der Waals surface area contributed by atoms with Crippen LogP contribution in [-0.4, -0.2) is 18.8 Å². The number of benzene rings is 1. The zero-order chi connectivity index (χ0) is 14.1. The molecule has 0 radical (unpaired) electrons. The lowest BCUT2D eigenvalue weighted by Crippen LogP contribution is -2.35. The van der Waals surface area contributed by atoms with Gasteiger partial charge in [0, 0.05) is 19.5 Å². The van der Waals surface area contributed by atoms with Crippen LogP contribution in [0.2, 0.25) is 0 Å². The first-order valence-electron chi connectivity index (χ1n) is 6.10. The molecule has 3 nitrogen and oxygen atoms in total. The van der Waals surface area contributed by atoms with Crippen LogP contribution in [0, 0.1) is 0 Å². The summed E-state index contributed by atoms with van der Waals surface area (Å²) < 4.78 is 35.6. The molecule has 6 heteroatoms. The number of carbonyl (C=O) groups excluding carboxylic acids is 1. The van der Waals surface area contributed by atoms with Crippen molar-refractivity contribution in [2.75, 3.05) is 6.54 Å². The summed E-state index contributed by atoms with van der Waals surface area (Å²) in [5.41, 5.74) is 0.967. The zero-order valence-corrected chi connectivity index (χ0v) is 10.5. The summed E-state index contributed by atoms with van der Waals surface area (Å²) >= 11 is 0. The van der Waals surface area contributed by atoms with Crippen molar-refractivity contribution < 1.29 is 18.0 Å². The predicted octanol–water partition coefficient (Wildman–Crippen LogP) is 3.22. The van der Waals surface area contributed by atoms with E-state index in [4.69, 9.17) is 0 Å². The first kappa shape index (κ1) is 15.3. The maximum atomic E-state index is 11.9. The highest BCUT2D eigenvalue weighted by molar-refractivity contribution is 5.73. The highest BCUT2D eigenvalue weighted by atomic mass is 19.4. The van der Waals surface area contributed by atoms with Gasteiger partial charge in [-0.2, -0.15) is 13.2 Å². The van der Waals surface area contributed by atoms with Crippen LogP contribution in [0.15, 0.2) is 30.3 Å². The Bertz CT molecular complexity index is 379. The summed E-state index contributed by atoms with van der Waals surface area (Å²) in [4.78, 5) is 11.3. The SMILES string of the molecule is O=C(NCCCCC(F)(F)F)NCc1ccccc1. The normalized spacial score (nSPS) is 11.1. The van der Waals surface area contributed by atoms with Crippen LogP contribution in [-0.2, 0) is 6.54 Å². The van der Waals surface area contributed by atoms with Gasteiger partial charge in [0.05, 0.1) is 0 Å². The lowest BCUT2D eigenvalue weighted by atomic mass is 10.2. The van der Waals surface area contributed by atoms with Gasteiger partial charge < -0.3 is 10.6 Å². The molecule has 1 rings (SSSR count). The van der Waals surface area contributed by atoms with E-state index >= 15 is 0 Å². The second kappa shape index (κ2) is 7.66. The van der Waals surface area contributed by atoms with Crippen LogP contribution in [0.25, 0.3) is 0 Å². The zero-order valence-electron chi connectivity index (χ0n) is 10.5. The molecular weight excluding hydrogens is 257 g/mol. The summed E-state index contributed by atoms with van der Waals surface area (Å²) in [5.74, 6) is 0. The number of rotatable bonds is 6. The molecule has 0 spiro atoms. The third kappa shape index (κ3) is 8.07. The fourth-order valence-electron chi connectivity index (χ4n) is 1.49. The molecule has 0 aliphatic rings. The number of amides is 2. The third-order valence-corrected chi connectivity index (χ3v) is 2.47. The van der Waals surface area contributed by atoms with Gasteiger partial charge in [-0.3, -0.25) is 0 Å². The van der Waals surface area contributed by atoms with Crippen molar-refractivity contribution in [3.8, 4) is 0 Å². The summed E-state index contributed by atoms with van der Waals surface area (Å²) in [6, 6.07) is 9.01. The summed E-state index contributed by atoms with van der Waals surface area (Å²) in [5, 5.41) is 5.16. The fourth-order valence-corrected chi connectivity index (χ4v) is 1.49. The molecule has 0 aliphatic carbocycles. The monoisotopic (exact) mass is 274 g/mol. The Morgan fingerprint density at radius 1 is 1.05 bits per heavy atom. The minimum atomic E-state index is -4.12. The van der Waals surface area contributed by atoms with E-state index < -0.39 is 12.6 Å². The van der Waals surface area contributed by atoms with Crippen LogP contribution >= 0.6 is 0 Å². The molecule has 0 unspecified atom stereocenters. The van der Waals surface area contributed by atoms with Gasteiger partial charge in [0.1, 0.15) is 0 Å². The van der Waals surface area contributed by atoms with E-state index in [0.717, 1.165) is 5.56 Å². The second-order valence-electron chi connectivity index (χ2n) is 4.17. The lowest BCUT2D eigenvalue weighted by Gasteiger charge is -2.08. The Hall–Kier alpha value is -1.72. The quantitative estimate of drug-likeness (QED) is 0.768. The Labute approximate surface area is 110 Å². The van der Waals surface area contributed by atoms with Crippen molar-refractivity contribution in [2.24, 2.45) is 0 Å². The van der Waals surface area contributed by atoms with Crippen LogP contribution in [0.3, 0.4) is 0 Å². The van der Waals surface area contributed by atoms with E-state index in [-0.39, 0.29) is 19.0 Å². The largest absolute Gasteiger partial charge is 0.389 e. The van der Waals surface area contributed by atoms with Crippen LogP contribution in [0.1, 0.15) is 24.8 Å². The van der Waals surface area contributed by atoms with E-state index in [1.54, 1.807) is 0 Å². The van der Waals surface area contributed by atoms with Crippen LogP contribution < -0.4 is 10.6 Å². The minimum Gasteiger partial charge on any atom is -0.338 e. The van der Waals surface area contributed by atoms with E-state index in [2.05, 4.69) is 10.6 Å². The fraction of sp³-hybridized carbons (Fsp3) is 0.462. The third-order valence-electron chi connectivity index (χ3n) is 2.47. The van der Waals surface area contributed by atoms with E-state index in [1.807, 2.05) is 30.3 Å². The Balaban J connectivity index is 2.06. The highest BCUT2D eigenvalue weighted by Gasteiger charge is 2.25. The number of nitrogens with one attached hydrogen (secondary N) is 2. The Kier molecular flexibility index (Phi) is 6.18. The molecule has 106 valence electrons. The number of unbranched alkanes of at least 4 members (excludes halogenated alkanes) is 1. The van der Waals surface area contributed by atoms with Gasteiger partial charge in [-0.25, -0.2) is 4.79 Å². The maximum Gasteiger partial charge on any atom is 0.389 e. The summed E-state index contributed by atoms with van der Waals surface area (Å²) in [6.45, 7) is 0.645. The predicted molar refractivity (Wildman–Crippen MR) is 66.6 cm³/mol. The molecule has 2 N–H and O–H groups in total. The second-order valence-corrected chi connectivity index (χ2v) is 4.17. The van der Waals surface area contributed by atoms with Gasteiger partial charge in [-0.05, 0) is 18.4 Å². The van der Waals surface area contributed by atoms with Gasteiger partial charge >= 0.3 is 12.2 Å². The van der Waals surface area contributed by atoms with E-state index in [9.17, 15) is 18.0 Å². The van der Waals surface area contributed by atoms with E-state index in [0.29, 0.717) is 13.0 Å². The number of carbonyl (C=O) groups is 1. The first-order chi connectivity index (χ1) is 8.97. The van der Waals surface area contributed by atoms with Crippen molar-refractivity contribution in [2.45, 2.75) is 32.0 Å². The smallest absolute Gasteiger partial charge is 0.338 e. The Morgan fingerprint density at radius 3 is 2.37 bits per heavy atom. The highest BCUT2D eigenvalue weighted by Crippen LogP contribution is 2.21. The molecule has 0 saturated heterocycles. The Morgan fingerprint density at radius 2 is 1.74 bits per heavy atom. The molecule has 1 aromatic rings. The molecule has 0 fully saturated rings. The van der Waals surface area contributed by atoms with Crippen molar-refractivity contribution in [1.82, 2.24) is 10.6 Å². The van der Waals surface area contributed by atoms with Crippen molar-refractivity contribution in [3.05, 3.63) is 35.9 Å². The van der Waals surface area contributed by atoms with Crippen molar-refractivity contribution in [3.63, 3.8) is 0 Å². The van der Waals surface area contributed by atoms with Gasteiger partial charge in [0.15, 0.2) is 0 Å². The number of hydrogen-bond donors (Lipinski definition) is 2. The molecule has 0 saturated carbocycles. The number of hydrogen-bond acceptors (Lipinski definition) is 1. The minimum absolute atomic E-state index is 0.0302. The molecular formula is C13H17F3N2O. The molecule has 0 atom stereocenters. The topological polar surface area (TPSA) is 41.1 Å². The number of urea groups is 1. The number of alkyl halides is 3. The van der Waals surface area contributed by atoms with Gasteiger partial charge in [-0.1, -0.05) is 30.3 Å². The lowest BCUT2D eigenvalue weighted by molar-refractivity contribution is -0.135. The standard InChI is InChI=1S/C13H17F3N2O/c14-13(15,16)8-4-5-9-17-12(19)18-10-11-6-2-1-3-7-11/h1-3,6-7H,4-5,8-10H2,(H2,17,18,19). The average molecular weight is 274 g/mol. The molecule has 0 aromatic heterocycles. The summed E-state index contributed by atoms with van der Waals surface area (Å²) in [6.07, 6.45) is -4.57. The molecule has 0 aliphatic heterocycles. The maximum absolute atomic E-state index is 11.9. The molecule has 0 bridgehead atoms. The summed E-state index contributed by atoms with van der Waals surface area (Å²) in [7, 11) is 0. The van der Waals surface area contributed by atoms with E-state index in [1.165, 1.54) is 0 Å². The first-order valence-corrected chi connectivity index (χ1v) is 6.10. The van der Waals surface area contributed by atoms with Crippen LogP contribution in [0.4, 0.5) is 18.0 Å². The molecule has 1 aromatic carbocycles. The number of halogens is 3. The van der Waals surface area contributed by atoms with Crippen LogP contribution in [0.5, 0.6) is 0 Å². The average Bonchev–Trinajstić information content (AvgIpc) is 2.36. The van der Waals surface area contributed by atoms with Gasteiger partial charge in [0.2, 0.25) is 0 Å². The van der Waals surface area contributed by atoms with Crippen molar-refractivity contribution in [1.29, 1.82) is 0 Å². The molecule has 0 heterocycles. The van der Waals surface area contributed by atoms with Crippen molar-refractivity contribution >= 4 is 6.03 Å². The van der Waals surface area contributed by atoms with Gasteiger partial charge in [-0.15, -0.1) is 0 Å². The molecule has 19 heavy (non-hydrogen) atoms. The van der Waals surface area contributed by atoms with Gasteiger partial charge in [0.25, 0.3) is 0 Å².